The number of para-hydroxylation sites is 4. The summed E-state index contributed by atoms with van der Waals surface area (Å²) in [7, 11) is 0. The van der Waals surface area contributed by atoms with Crippen molar-refractivity contribution in [3.05, 3.63) is 182 Å². The van der Waals surface area contributed by atoms with Gasteiger partial charge in [0.15, 0.2) is 0 Å². The van der Waals surface area contributed by atoms with Crippen molar-refractivity contribution in [1.29, 1.82) is 0 Å². The van der Waals surface area contributed by atoms with E-state index >= 15 is 0 Å². The highest BCUT2D eigenvalue weighted by molar-refractivity contribution is 6.18. The summed E-state index contributed by atoms with van der Waals surface area (Å²) >= 11 is 0. The zero-order valence-electron chi connectivity index (χ0n) is 25.6. The van der Waals surface area contributed by atoms with Crippen LogP contribution in [0.2, 0.25) is 0 Å². The average molecular weight is 603 g/mol. The first-order valence-electron chi connectivity index (χ1n) is 15.9. The van der Waals surface area contributed by atoms with Crippen LogP contribution >= 0.6 is 0 Å². The highest BCUT2D eigenvalue weighted by Gasteiger charge is 2.24. The lowest BCUT2D eigenvalue weighted by atomic mass is 9.90. The number of anilines is 6. The van der Waals surface area contributed by atoms with Crippen molar-refractivity contribution in [3.63, 3.8) is 0 Å². The van der Waals surface area contributed by atoms with E-state index in [1.165, 1.54) is 21.7 Å². The molecule has 0 saturated heterocycles. The molecule has 0 aliphatic carbocycles. The summed E-state index contributed by atoms with van der Waals surface area (Å²) < 4.78 is 6.74. The lowest BCUT2D eigenvalue weighted by molar-refractivity contribution is 0.487. The van der Waals surface area contributed by atoms with E-state index < -0.39 is 0 Å². The molecule has 8 aromatic rings. The van der Waals surface area contributed by atoms with Crippen molar-refractivity contribution in [2.45, 2.75) is 0 Å². The maximum Gasteiger partial charge on any atom is 0.137 e. The van der Waals surface area contributed by atoms with Gasteiger partial charge in [0, 0.05) is 51.1 Å². The van der Waals surface area contributed by atoms with Crippen molar-refractivity contribution in [2.75, 3.05) is 9.80 Å². The largest absolute Gasteiger partial charge is 0.456 e. The summed E-state index contributed by atoms with van der Waals surface area (Å²) in [5.74, 6) is 1.73. The Labute approximate surface area is 274 Å². The zero-order valence-corrected chi connectivity index (χ0v) is 25.6. The topological polar surface area (TPSA) is 15.7 Å². The molecule has 8 aromatic carbocycles. The molecule has 222 valence electrons. The molecule has 9 rings (SSSR count). The molecule has 1 aliphatic rings. The van der Waals surface area contributed by atoms with Gasteiger partial charge in [0.25, 0.3) is 0 Å². The molecule has 0 fully saturated rings. The summed E-state index contributed by atoms with van der Waals surface area (Å²) in [6.07, 6.45) is 0. The van der Waals surface area contributed by atoms with Crippen LogP contribution in [0.25, 0.3) is 32.7 Å². The molecule has 0 unspecified atom stereocenters. The van der Waals surface area contributed by atoms with E-state index in [9.17, 15) is 0 Å². The Hall–Kier alpha value is -6.32. The van der Waals surface area contributed by atoms with E-state index in [0.29, 0.717) is 0 Å². The van der Waals surface area contributed by atoms with Gasteiger partial charge in [0.2, 0.25) is 0 Å². The van der Waals surface area contributed by atoms with Crippen LogP contribution < -0.4 is 14.5 Å². The van der Waals surface area contributed by atoms with E-state index in [4.69, 9.17) is 4.74 Å². The van der Waals surface area contributed by atoms with Crippen molar-refractivity contribution >= 4 is 55.7 Å². The van der Waals surface area contributed by atoms with Gasteiger partial charge in [-0.1, -0.05) is 91.0 Å². The predicted molar refractivity (Wildman–Crippen MR) is 196 cm³/mol. The highest BCUT2D eigenvalue weighted by Crippen LogP contribution is 2.51. The smallest absolute Gasteiger partial charge is 0.137 e. The lowest BCUT2D eigenvalue weighted by Gasteiger charge is -2.28. The Kier molecular flexibility index (Phi) is 6.46. The molecule has 0 bridgehead atoms. The molecule has 3 nitrogen and oxygen atoms in total. The SMILES string of the molecule is c1ccc(N(c2ccccc2)c2ccc3c(c2)Oc2cccc4c2c-3cc2ccc(N(c3ccccc3)c3ccccc3)cc24)cc1. The summed E-state index contributed by atoms with van der Waals surface area (Å²) in [5.41, 5.74) is 8.88. The number of benzene rings is 8. The van der Waals surface area contributed by atoms with Gasteiger partial charge in [-0.25, -0.2) is 0 Å². The number of nitrogens with zero attached hydrogens (tertiary/aromatic N) is 2. The van der Waals surface area contributed by atoms with Gasteiger partial charge < -0.3 is 14.5 Å². The third-order valence-electron chi connectivity index (χ3n) is 8.97. The zero-order chi connectivity index (χ0) is 31.2. The fourth-order valence-electron chi connectivity index (χ4n) is 6.88. The second kappa shape index (κ2) is 11.2. The van der Waals surface area contributed by atoms with E-state index in [-0.39, 0.29) is 0 Å². The molecular weight excluding hydrogens is 572 g/mol. The first-order valence-corrected chi connectivity index (χ1v) is 15.9. The summed E-state index contributed by atoms with van der Waals surface area (Å²) in [6, 6.07) is 64.2. The fraction of sp³-hybridized carbons (Fsp3) is 0. The van der Waals surface area contributed by atoms with Crippen LogP contribution in [0.4, 0.5) is 34.1 Å². The quantitative estimate of drug-likeness (QED) is 0.176. The third kappa shape index (κ3) is 4.68. The predicted octanol–water partition coefficient (Wildman–Crippen LogP) is 12.7. The molecule has 1 aliphatic heterocycles. The van der Waals surface area contributed by atoms with Crippen LogP contribution in [0.5, 0.6) is 11.5 Å². The fourth-order valence-corrected chi connectivity index (χ4v) is 6.88. The Bertz CT molecular complexity index is 2290. The van der Waals surface area contributed by atoms with Gasteiger partial charge in [-0.15, -0.1) is 0 Å². The number of rotatable bonds is 6. The minimum absolute atomic E-state index is 0.856. The van der Waals surface area contributed by atoms with Gasteiger partial charge in [0.1, 0.15) is 11.5 Å². The summed E-state index contributed by atoms with van der Waals surface area (Å²) in [5, 5.41) is 4.72. The Balaban J connectivity index is 1.20. The number of hydrogen-bond donors (Lipinski definition) is 0. The molecule has 0 aromatic heterocycles. The van der Waals surface area contributed by atoms with E-state index in [0.717, 1.165) is 56.6 Å². The molecule has 0 spiro atoms. The number of hydrogen-bond acceptors (Lipinski definition) is 3. The Morgan fingerprint density at radius 2 is 0.830 bits per heavy atom. The van der Waals surface area contributed by atoms with Crippen molar-refractivity contribution in [2.24, 2.45) is 0 Å². The lowest BCUT2D eigenvalue weighted by Crippen LogP contribution is -2.10. The van der Waals surface area contributed by atoms with Crippen molar-refractivity contribution in [3.8, 4) is 22.6 Å². The molecule has 1 heterocycles. The summed E-state index contributed by atoms with van der Waals surface area (Å²) in [4.78, 5) is 4.58. The normalized spacial score (nSPS) is 11.6. The number of ether oxygens (including phenoxy) is 1. The van der Waals surface area contributed by atoms with Gasteiger partial charge >= 0.3 is 0 Å². The highest BCUT2D eigenvalue weighted by atomic mass is 16.5. The molecule has 0 radical (unpaired) electrons. The van der Waals surface area contributed by atoms with Crippen LogP contribution in [-0.2, 0) is 0 Å². The Morgan fingerprint density at radius 3 is 1.38 bits per heavy atom. The maximum absolute atomic E-state index is 6.74. The number of fused-ring (bicyclic) bond motifs is 4. The van der Waals surface area contributed by atoms with Crippen LogP contribution in [-0.4, -0.2) is 0 Å². The Morgan fingerprint density at radius 1 is 0.319 bits per heavy atom. The molecule has 0 N–H and O–H groups in total. The maximum atomic E-state index is 6.74. The van der Waals surface area contributed by atoms with Crippen LogP contribution in [0.3, 0.4) is 0 Å². The standard InChI is InChI=1S/C44H30N2O/c1-5-14-32(15-6-1)45(33-16-7-2-8-17-33)36-25-24-31-28-41-38-27-26-37(46(34-18-9-3-10-19-34)35-20-11-4-12-21-35)30-43(38)47-42-23-13-22-39(44(41)42)40(31)29-36/h1-30H. The third-order valence-corrected chi connectivity index (χ3v) is 8.97. The van der Waals surface area contributed by atoms with Crippen LogP contribution in [0.15, 0.2) is 182 Å². The molecule has 3 heteroatoms. The first-order chi connectivity index (χ1) is 23.3. The van der Waals surface area contributed by atoms with Crippen molar-refractivity contribution < 1.29 is 4.74 Å². The average Bonchev–Trinajstić information content (AvgIpc) is 3.14. The molecular formula is C44H30N2O. The van der Waals surface area contributed by atoms with Gasteiger partial charge in [-0.3, -0.25) is 0 Å². The second-order valence-electron chi connectivity index (χ2n) is 11.8. The van der Waals surface area contributed by atoms with Gasteiger partial charge in [-0.05, 0) is 107 Å². The minimum Gasteiger partial charge on any atom is -0.456 e. The van der Waals surface area contributed by atoms with E-state index in [1.807, 2.05) is 12.1 Å². The van der Waals surface area contributed by atoms with Crippen LogP contribution in [0, 0.1) is 0 Å². The molecule has 0 amide bonds. The summed E-state index contributed by atoms with van der Waals surface area (Å²) in [6.45, 7) is 0. The minimum atomic E-state index is 0.856. The molecule has 0 saturated carbocycles. The molecule has 47 heavy (non-hydrogen) atoms. The first kappa shape index (κ1) is 27.0. The monoisotopic (exact) mass is 602 g/mol. The van der Waals surface area contributed by atoms with E-state index in [2.05, 4.69) is 180 Å². The van der Waals surface area contributed by atoms with Crippen LogP contribution in [0.1, 0.15) is 0 Å². The molecule has 0 atom stereocenters. The van der Waals surface area contributed by atoms with E-state index in [1.54, 1.807) is 0 Å². The van der Waals surface area contributed by atoms with Gasteiger partial charge in [-0.2, -0.15) is 0 Å². The van der Waals surface area contributed by atoms with Gasteiger partial charge in [0.05, 0.1) is 0 Å². The van der Waals surface area contributed by atoms with Crippen molar-refractivity contribution in [1.82, 2.24) is 0 Å². The second-order valence-corrected chi connectivity index (χ2v) is 11.8.